The molecule has 1 atom stereocenters. The van der Waals surface area contributed by atoms with E-state index >= 15 is 0 Å². The molecule has 0 saturated carbocycles. The average Bonchev–Trinajstić information content (AvgIpc) is 2.30. The zero-order chi connectivity index (χ0) is 14.0. The number of thiocarbonyl (C=S) groups is 1. The number of benzene rings is 1. The molecule has 0 aliphatic heterocycles. The van der Waals surface area contributed by atoms with Crippen molar-refractivity contribution >= 4 is 34.7 Å². The van der Waals surface area contributed by atoms with Crippen molar-refractivity contribution in [3.05, 3.63) is 34.4 Å². The SMILES string of the molecule is CC(C(N)=S)N(C)C(=O)c1cc(F)c(Cl)cc1F. The van der Waals surface area contributed by atoms with Crippen LogP contribution in [0.3, 0.4) is 0 Å². The Kier molecular flexibility index (Phi) is 4.59. The standard InChI is InChI=1S/C11H11ClF2N2OS/c1-5(10(15)18)16(2)11(17)6-3-9(14)7(12)4-8(6)13/h3-5H,1-2H3,(H2,15,18). The van der Waals surface area contributed by atoms with Crippen LogP contribution in [0, 0.1) is 11.6 Å². The Morgan fingerprint density at radius 2 is 2.00 bits per heavy atom. The molecule has 0 aromatic heterocycles. The van der Waals surface area contributed by atoms with Crippen LogP contribution in [0.5, 0.6) is 0 Å². The maximum Gasteiger partial charge on any atom is 0.257 e. The van der Waals surface area contributed by atoms with Gasteiger partial charge in [0.15, 0.2) is 0 Å². The van der Waals surface area contributed by atoms with E-state index in [-0.39, 0.29) is 10.0 Å². The molecule has 1 aromatic carbocycles. The van der Waals surface area contributed by atoms with Gasteiger partial charge in [0.05, 0.1) is 21.6 Å². The molecule has 1 aromatic rings. The highest BCUT2D eigenvalue weighted by atomic mass is 35.5. The summed E-state index contributed by atoms with van der Waals surface area (Å²) in [5.41, 5.74) is 4.98. The second kappa shape index (κ2) is 5.58. The van der Waals surface area contributed by atoms with Crippen molar-refractivity contribution in [2.24, 2.45) is 5.73 Å². The van der Waals surface area contributed by atoms with E-state index in [1.165, 1.54) is 7.05 Å². The summed E-state index contributed by atoms with van der Waals surface area (Å²) in [4.78, 5) is 13.2. The van der Waals surface area contributed by atoms with Crippen LogP contribution in [0.15, 0.2) is 12.1 Å². The number of carbonyl (C=O) groups is 1. The van der Waals surface area contributed by atoms with E-state index < -0.39 is 29.1 Å². The Morgan fingerprint density at radius 3 is 2.50 bits per heavy atom. The van der Waals surface area contributed by atoms with Crippen molar-refractivity contribution in [3.8, 4) is 0 Å². The molecule has 1 amide bonds. The minimum absolute atomic E-state index is 0.0840. The highest BCUT2D eigenvalue weighted by Gasteiger charge is 2.23. The van der Waals surface area contributed by atoms with Crippen LogP contribution < -0.4 is 5.73 Å². The molecule has 0 spiro atoms. The lowest BCUT2D eigenvalue weighted by atomic mass is 10.1. The summed E-state index contributed by atoms with van der Waals surface area (Å²) in [6, 6.07) is 0.942. The summed E-state index contributed by atoms with van der Waals surface area (Å²) in [6.07, 6.45) is 0. The maximum absolute atomic E-state index is 13.5. The molecular weight excluding hydrogens is 282 g/mol. The van der Waals surface area contributed by atoms with E-state index in [4.69, 9.17) is 29.6 Å². The van der Waals surface area contributed by atoms with Gasteiger partial charge in [0.25, 0.3) is 5.91 Å². The van der Waals surface area contributed by atoms with E-state index in [0.29, 0.717) is 0 Å². The number of rotatable bonds is 3. The van der Waals surface area contributed by atoms with Crippen LogP contribution in [0.4, 0.5) is 8.78 Å². The first kappa shape index (κ1) is 14.8. The van der Waals surface area contributed by atoms with E-state index in [1.54, 1.807) is 6.92 Å². The van der Waals surface area contributed by atoms with Gasteiger partial charge in [-0.3, -0.25) is 4.79 Å². The zero-order valence-electron chi connectivity index (χ0n) is 9.71. The molecule has 3 nitrogen and oxygen atoms in total. The van der Waals surface area contributed by atoms with Crippen molar-refractivity contribution in [1.82, 2.24) is 4.90 Å². The van der Waals surface area contributed by atoms with Gasteiger partial charge in [-0.05, 0) is 19.1 Å². The van der Waals surface area contributed by atoms with Gasteiger partial charge >= 0.3 is 0 Å². The molecular formula is C11H11ClF2N2OS. The third kappa shape index (κ3) is 2.94. The molecule has 0 bridgehead atoms. The molecule has 98 valence electrons. The van der Waals surface area contributed by atoms with Gasteiger partial charge in [-0.15, -0.1) is 0 Å². The molecule has 0 heterocycles. The molecule has 0 saturated heterocycles. The van der Waals surface area contributed by atoms with E-state index in [0.717, 1.165) is 17.0 Å². The number of amides is 1. The first-order valence-corrected chi connectivity index (χ1v) is 5.75. The van der Waals surface area contributed by atoms with Gasteiger partial charge in [-0.2, -0.15) is 0 Å². The molecule has 0 radical (unpaired) electrons. The minimum Gasteiger partial charge on any atom is -0.392 e. The first-order valence-electron chi connectivity index (χ1n) is 4.96. The molecule has 0 fully saturated rings. The van der Waals surface area contributed by atoms with Crippen LogP contribution >= 0.6 is 23.8 Å². The fraction of sp³-hybridized carbons (Fsp3) is 0.273. The van der Waals surface area contributed by atoms with Gasteiger partial charge in [0.2, 0.25) is 0 Å². The molecule has 1 unspecified atom stereocenters. The Bertz CT molecular complexity index is 510. The molecule has 7 heteroatoms. The Labute approximate surface area is 114 Å². The van der Waals surface area contributed by atoms with Crippen LogP contribution in [-0.4, -0.2) is 28.9 Å². The van der Waals surface area contributed by atoms with Crippen molar-refractivity contribution in [3.63, 3.8) is 0 Å². The summed E-state index contributed by atoms with van der Waals surface area (Å²) < 4.78 is 26.8. The fourth-order valence-electron chi connectivity index (χ4n) is 1.24. The number of nitrogens with zero attached hydrogens (tertiary/aromatic N) is 1. The first-order chi connectivity index (χ1) is 8.25. The Balaban J connectivity index is 3.11. The van der Waals surface area contributed by atoms with Crippen molar-refractivity contribution in [1.29, 1.82) is 0 Å². The van der Waals surface area contributed by atoms with E-state index in [1.807, 2.05) is 0 Å². The number of halogens is 3. The fourth-order valence-corrected chi connectivity index (χ4v) is 1.55. The molecule has 2 N–H and O–H groups in total. The number of likely N-dealkylation sites (N-methyl/N-ethyl adjacent to an activating group) is 1. The third-order valence-electron chi connectivity index (χ3n) is 2.55. The van der Waals surface area contributed by atoms with E-state index in [2.05, 4.69) is 0 Å². The number of hydrogen-bond acceptors (Lipinski definition) is 2. The molecule has 1 rings (SSSR count). The van der Waals surface area contributed by atoms with Crippen LogP contribution in [0.25, 0.3) is 0 Å². The summed E-state index contributed by atoms with van der Waals surface area (Å²) in [5, 5.41) is -0.380. The smallest absolute Gasteiger partial charge is 0.257 e. The highest BCUT2D eigenvalue weighted by molar-refractivity contribution is 7.80. The van der Waals surface area contributed by atoms with Gasteiger partial charge < -0.3 is 10.6 Å². The lowest BCUT2D eigenvalue weighted by molar-refractivity contribution is 0.0773. The number of nitrogens with two attached hydrogens (primary N) is 1. The van der Waals surface area contributed by atoms with Gasteiger partial charge in [0.1, 0.15) is 11.6 Å². The number of hydrogen-bond donors (Lipinski definition) is 1. The molecule has 0 aliphatic rings. The second-order valence-electron chi connectivity index (χ2n) is 3.74. The largest absolute Gasteiger partial charge is 0.392 e. The second-order valence-corrected chi connectivity index (χ2v) is 4.62. The van der Waals surface area contributed by atoms with Gasteiger partial charge in [0, 0.05) is 7.05 Å². The maximum atomic E-state index is 13.5. The normalized spacial score (nSPS) is 12.1. The van der Waals surface area contributed by atoms with Gasteiger partial charge in [-0.1, -0.05) is 23.8 Å². The van der Waals surface area contributed by atoms with E-state index in [9.17, 15) is 13.6 Å². The lowest BCUT2D eigenvalue weighted by Gasteiger charge is -2.24. The monoisotopic (exact) mass is 292 g/mol. The Hall–Kier alpha value is -1.27. The van der Waals surface area contributed by atoms with Crippen molar-refractivity contribution < 1.29 is 13.6 Å². The van der Waals surface area contributed by atoms with Crippen molar-refractivity contribution in [2.75, 3.05) is 7.05 Å². The topological polar surface area (TPSA) is 46.3 Å². The summed E-state index contributed by atoms with van der Waals surface area (Å²) in [5.74, 6) is -2.48. The summed E-state index contributed by atoms with van der Waals surface area (Å²) in [6.45, 7) is 1.59. The molecule has 18 heavy (non-hydrogen) atoms. The quantitative estimate of drug-likeness (QED) is 0.687. The Morgan fingerprint density at radius 1 is 1.44 bits per heavy atom. The summed E-state index contributed by atoms with van der Waals surface area (Å²) in [7, 11) is 1.40. The summed E-state index contributed by atoms with van der Waals surface area (Å²) >= 11 is 10.1. The highest BCUT2D eigenvalue weighted by Crippen LogP contribution is 2.20. The number of carbonyl (C=O) groups excluding carboxylic acids is 1. The van der Waals surface area contributed by atoms with Crippen molar-refractivity contribution in [2.45, 2.75) is 13.0 Å². The molecule has 0 aliphatic carbocycles. The van der Waals surface area contributed by atoms with Gasteiger partial charge in [-0.25, -0.2) is 8.78 Å². The lowest BCUT2D eigenvalue weighted by Crippen LogP contribution is -2.43. The minimum atomic E-state index is -0.895. The van der Waals surface area contributed by atoms with Crippen LogP contribution in [0.1, 0.15) is 17.3 Å². The predicted molar refractivity (Wildman–Crippen MR) is 69.7 cm³/mol. The predicted octanol–water partition coefficient (Wildman–Crippen LogP) is 2.36. The average molecular weight is 293 g/mol. The van der Waals surface area contributed by atoms with Crippen LogP contribution in [0.2, 0.25) is 5.02 Å². The zero-order valence-corrected chi connectivity index (χ0v) is 11.3. The third-order valence-corrected chi connectivity index (χ3v) is 3.18. The van der Waals surface area contributed by atoms with Crippen LogP contribution in [-0.2, 0) is 0 Å².